The van der Waals surface area contributed by atoms with Crippen molar-refractivity contribution in [3.05, 3.63) is 53.7 Å². The van der Waals surface area contributed by atoms with Crippen LogP contribution in [0.3, 0.4) is 0 Å². The van der Waals surface area contributed by atoms with Crippen LogP contribution < -0.4 is 10.2 Å². The topological polar surface area (TPSA) is 65.5 Å². The molecule has 0 atom stereocenters. The van der Waals surface area contributed by atoms with Gasteiger partial charge in [0.05, 0.1) is 12.0 Å². The average Bonchev–Trinajstić information content (AvgIpc) is 2.95. The zero-order valence-electron chi connectivity index (χ0n) is 16.6. The number of benzene rings is 1. The minimum absolute atomic E-state index is 0.00972. The van der Waals surface area contributed by atoms with Crippen molar-refractivity contribution in [2.24, 2.45) is 0 Å². The fourth-order valence-electron chi connectivity index (χ4n) is 3.33. The number of nitrogens with one attached hydrogen (secondary N) is 1. The van der Waals surface area contributed by atoms with Gasteiger partial charge in [0.25, 0.3) is 0 Å². The molecule has 2 aromatic rings. The maximum atomic E-state index is 12.7. The molecule has 1 fully saturated rings. The first-order chi connectivity index (χ1) is 14.2. The zero-order valence-corrected chi connectivity index (χ0v) is 16.6. The molecule has 0 spiro atoms. The summed E-state index contributed by atoms with van der Waals surface area (Å²) < 4.78 is 38.1. The summed E-state index contributed by atoms with van der Waals surface area (Å²) in [4.78, 5) is 31.4. The van der Waals surface area contributed by atoms with E-state index >= 15 is 0 Å². The monoisotopic (exact) mass is 420 g/mol. The van der Waals surface area contributed by atoms with Crippen LogP contribution in [-0.2, 0) is 22.2 Å². The van der Waals surface area contributed by atoms with Crippen LogP contribution in [0.25, 0.3) is 0 Å². The summed E-state index contributed by atoms with van der Waals surface area (Å²) in [6, 6.07) is 9.52. The van der Waals surface area contributed by atoms with E-state index in [2.05, 4.69) is 10.3 Å². The van der Waals surface area contributed by atoms with Crippen LogP contribution in [-0.4, -0.2) is 47.9 Å². The largest absolute Gasteiger partial charge is 0.417 e. The van der Waals surface area contributed by atoms with E-state index in [-0.39, 0.29) is 18.2 Å². The van der Waals surface area contributed by atoms with Crippen LogP contribution in [0.2, 0.25) is 0 Å². The number of anilines is 2. The lowest BCUT2D eigenvalue weighted by atomic mass is 10.1. The number of carbonyl (C=O) groups excluding carboxylic acids is 2. The molecule has 6 nitrogen and oxygen atoms in total. The average molecular weight is 420 g/mol. The van der Waals surface area contributed by atoms with Gasteiger partial charge in [-0.15, -0.1) is 0 Å². The van der Waals surface area contributed by atoms with Gasteiger partial charge in [0.1, 0.15) is 5.82 Å². The van der Waals surface area contributed by atoms with Crippen LogP contribution in [0.1, 0.15) is 24.5 Å². The Morgan fingerprint density at radius 3 is 2.37 bits per heavy atom. The van der Waals surface area contributed by atoms with Crippen molar-refractivity contribution >= 4 is 23.3 Å². The quantitative estimate of drug-likeness (QED) is 0.824. The molecule has 1 aliphatic heterocycles. The molecule has 0 aliphatic carbocycles. The fraction of sp³-hybridized carbons (Fsp3) is 0.381. The summed E-state index contributed by atoms with van der Waals surface area (Å²) in [6.45, 7) is 3.62. The molecule has 9 heteroatoms. The third-order valence-electron chi connectivity index (χ3n) is 4.88. The number of halogens is 3. The van der Waals surface area contributed by atoms with Gasteiger partial charge >= 0.3 is 6.18 Å². The van der Waals surface area contributed by atoms with E-state index in [1.165, 1.54) is 13.0 Å². The summed E-state index contributed by atoms with van der Waals surface area (Å²) in [7, 11) is 0. The molecule has 1 aromatic carbocycles. The molecule has 3 rings (SSSR count). The van der Waals surface area contributed by atoms with E-state index in [9.17, 15) is 22.8 Å². The lowest BCUT2D eigenvalue weighted by Crippen LogP contribution is -2.36. The van der Waals surface area contributed by atoms with Gasteiger partial charge in [-0.05, 0) is 36.2 Å². The van der Waals surface area contributed by atoms with Gasteiger partial charge < -0.3 is 15.1 Å². The number of amides is 2. The van der Waals surface area contributed by atoms with E-state index < -0.39 is 11.7 Å². The van der Waals surface area contributed by atoms with Crippen molar-refractivity contribution in [2.45, 2.75) is 25.9 Å². The van der Waals surface area contributed by atoms with Crippen molar-refractivity contribution < 1.29 is 22.8 Å². The third kappa shape index (κ3) is 5.71. The third-order valence-corrected chi connectivity index (χ3v) is 4.88. The molecule has 0 bridgehead atoms. The fourth-order valence-corrected chi connectivity index (χ4v) is 3.33. The predicted molar refractivity (Wildman–Crippen MR) is 107 cm³/mol. The molecule has 1 aromatic heterocycles. The number of hydrogen-bond acceptors (Lipinski definition) is 4. The summed E-state index contributed by atoms with van der Waals surface area (Å²) in [5.41, 5.74) is 0.746. The van der Waals surface area contributed by atoms with Crippen LogP contribution in [0.5, 0.6) is 0 Å². The Hall–Kier alpha value is -3.10. The first-order valence-corrected chi connectivity index (χ1v) is 9.65. The highest BCUT2D eigenvalue weighted by molar-refractivity contribution is 5.88. The predicted octanol–water partition coefficient (Wildman–Crippen LogP) is 3.34. The second kappa shape index (κ2) is 9.15. The Morgan fingerprint density at radius 2 is 1.77 bits per heavy atom. The number of nitrogens with zero attached hydrogens (tertiary/aromatic N) is 3. The molecule has 2 heterocycles. The van der Waals surface area contributed by atoms with Crippen molar-refractivity contribution in [1.29, 1.82) is 0 Å². The molecule has 1 saturated heterocycles. The number of hydrogen-bond donors (Lipinski definition) is 1. The summed E-state index contributed by atoms with van der Waals surface area (Å²) in [6.07, 6.45) is -2.61. The van der Waals surface area contributed by atoms with Gasteiger partial charge in [-0.2, -0.15) is 13.2 Å². The Bertz CT molecular complexity index is 883. The Morgan fingerprint density at radius 1 is 1.03 bits per heavy atom. The maximum absolute atomic E-state index is 12.7. The number of alkyl halides is 3. The first kappa shape index (κ1) is 21.6. The van der Waals surface area contributed by atoms with E-state index in [4.69, 9.17) is 0 Å². The maximum Gasteiger partial charge on any atom is 0.417 e. The van der Waals surface area contributed by atoms with Gasteiger partial charge in [0, 0.05) is 45.0 Å². The summed E-state index contributed by atoms with van der Waals surface area (Å²) >= 11 is 0. The highest BCUT2D eigenvalue weighted by Gasteiger charge is 2.31. The van der Waals surface area contributed by atoms with Gasteiger partial charge in [0.2, 0.25) is 11.8 Å². The standard InChI is InChI=1S/C21H23F3N4O2/c1-15(29)26-18-6-3-16(4-7-18)13-20(30)28-10-2-9-27(11-12-28)19-8-5-17(14-25-19)21(22,23)24/h3-8,14H,2,9-13H2,1H3,(H,26,29). The number of aromatic nitrogens is 1. The smallest absolute Gasteiger partial charge is 0.355 e. The molecular weight excluding hydrogens is 397 g/mol. The van der Waals surface area contributed by atoms with Crippen LogP contribution in [0, 0.1) is 0 Å². The first-order valence-electron chi connectivity index (χ1n) is 9.65. The molecule has 0 saturated carbocycles. The van der Waals surface area contributed by atoms with E-state index in [1.807, 2.05) is 4.90 Å². The molecule has 0 unspecified atom stereocenters. The van der Waals surface area contributed by atoms with E-state index in [0.29, 0.717) is 44.1 Å². The minimum atomic E-state index is -4.41. The van der Waals surface area contributed by atoms with Crippen LogP contribution >= 0.6 is 0 Å². The highest BCUT2D eigenvalue weighted by atomic mass is 19.4. The van der Waals surface area contributed by atoms with E-state index in [1.54, 1.807) is 29.2 Å². The van der Waals surface area contributed by atoms with Gasteiger partial charge in [0.15, 0.2) is 0 Å². The Kier molecular flexibility index (Phi) is 6.59. The molecule has 1 aliphatic rings. The molecule has 160 valence electrons. The van der Waals surface area contributed by atoms with Crippen LogP contribution in [0.4, 0.5) is 24.7 Å². The summed E-state index contributed by atoms with van der Waals surface area (Å²) in [5, 5.41) is 2.68. The minimum Gasteiger partial charge on any atom is -0.355 e. The summed E-state index contributed by atoms with van der Waals surface area (Å²) in [5.74, 6) is 0.311. The van der Waals surface area contributed by atoms with Gasteiger partial charge in [-0.1, -0.05) is 12.1 Å². The van der Waals surface area contributed by atoms with Gasteiger partial charge in [-0.3, -0.25) is 9.59 Å². The second-order valence-corrected chi connectivity index (χ2v) is 7.18. The SMILES string of the molecule is CC(=O)Nc1ccc(CC(=O)N2CCCN(c3ccc(C(F)(F)F)cn3)CC2)cc1. The Balaban J connectivity index is 1.56. The zero-order chi connectivity index (χ0) is 21.7. The van der Waals surface area contributed by atoms with E-state index in [0.717, 1.165) is 17.8 Å². The molecule has 2 amide bonds. The molecule has 1 N–H and O–H groups in total. The lowest BCUT2D eigenvalue weighted by Gasteiger charge is -2.23. The van der Waals surface area contributed by atoms with Crippen LogP contribution in [0.15, 0.2) is 42.6 Å². The van der Waals surface area contributed by atoms with Crippen molar-refractivity contribution in [3.63, 3.8) is 0 Å². The van der Waals surface area contributed by atoms with Gasteiger partial charge in [-0.25, -0.2) is 4.98 Å². The highest BCUT2D eigenvalue weighted by Crippen LogP contribution is 2.29. The van der Waals surface area contributed by atoms with Crippen molar-refractivity contribution in [2.75, 3.05) is 36.4 Å². The Labute approximate surface area is 172 Å². The molecular formula is C21H23F3N4O2. The molecule has 0 radical (unpaired) electrons. The lowest BCUT2D eigenvalue weighted by molar-refractivity contribution is -0.137. The molecule has 30 heavy (non-hydrogen) atoms. The van der Waals surface area contributed by atoms with Crippen molar-refractivity contribution in [3.8, 4) is 0 Å². The van der Waals surface area contributed by atoms with Crippen molar-refractivity contribution in [1.82, 2.24) is 9.88 Å². The second-order valence-electron chi connectivity index (χ2n) is 7.18. The number of pyridine rings is 1. The number of carbonyl (C=O) groups is 2. The normalized spacial score (nSPS) is 14.9. The number of rotatable bonds is 4.